The second-order valence-corrected chi connectivity index (χ2v) is 5.46. The highest BCUT2D eigenvalue weighted by Crippen LogP contribution is 2.38. The van der Waals surface area contributed by atoms with Gasteiger partial charge < -0.3 is 9.64 Å². The van der Waals surface area contributed by atoms with Crippen molar-refractivity contribution in [2.75, 3.05) is 26.7 Å². The van der Waals surface area contributed by atoms with Crippen LogP contribution < -0.4 is 0 Å². The van der Waals surface area contributed by atoms with Crippen LogP contribution in [-0.4, -0.2) is 31.6 Å². The predicted molar refractivity (Wildman–Crippen MR) is 89.0 cm³/mol. The number of rotatable bonds is 2. The molecule has 0 aromatic heterocycles. The minimum atomic E-state index is -0.312. The first-order valence-electron chi connectivity index (χ1n) is 7.25. The van der Waals surface area contributed by atoms with Gasteiger partial charge >= 0.3 is 0 Å². The lowest BCUT2D eigenvalue weighted by atomic mass is 9.83. The number of hydrogen-bond donors (Lipinski definition) is 0. The van der Waals surface area contributed by atoms with Gasteiger partial charge in [0.1, 0.15) is 5.60 Å². The van der Waals surface area contributed by atoms with Crippen molar-refractivity contribution in [3.05, 3.63) is 71.8 Å². The lowest BCUT2D eigenvalue weighted by Crippen LogP contribution is -2.32. The molecule has 0 bridgehead atoms. The Labute approximate surface area is 133 Å². The zero-order chi connectivity index (χ0) is 13.8. The first kappa shape index (κ1) is 16.0. The minimum absolute atomic E-state index is 0. The lowest BCUT2D eigenvalue weighted by molar-refractivity contribution is -0.00993. The van der Waals surface area contributed by atoms with E-state index in [0.29, 0.717) is 0 Å². The smallest absolute Gasteiger partial charge is 0.119 e. The lowest BCUT2D eigenvalue weighted by Gasteiger charge is -2.33. The van der Waals surface area contributed by atoms with Gasteiger partial charge in [-0.15, -0.1) is 12.4 Å². The van der Waals surface area contributed by atoms with E-state index in [1.807, 2.05) is 0 Å². The summed E-state index contributed by atoms with van der Waals surface area (Å²) >= 11 is 0. The molecular weight excluding hydrogens is 282 g/mol. The Hall–Kier alpha value is -1.35. The normalized spacial score (nSPS) is 18.5. The fraction of sp³-hybridized carbons (Fsp3) is 0.333. The van der Waals surface area contributed by atoms with Crippen LogP contribution in [0.4, 0.5) is 0 Å². The predicted octanol–water partition coefficient (Wildman–Crippen LogP) is 3.70. The SMILES string of the molecule is CN1CCOC(c2ccccc2)(c2ccccc2)CC1.Cl. The molecule has 0 spiro atoms. The Morgan fingerprint density at radius 2 is 1.38 bits per heavy atom. The summed E-state index contributed by atoms with van der Waals surface area (Å²) in [5.74, 6) is 0. The molecule has 2 aromatic carbocycles. The molecule has 0 atom stereocenters. The maximum absolute atomic E-state index is 6.39. The van der Waals surface area contributed by atoms with Crippen molar-refractivity contribution >= 4 is 12.4 Å². The highest BCUT2D eigenvalue weighted by Gasteiger charge is 2.36. The minimum Gasteiger partial charge on any atom is -0.364 e. The van der Waals surface area contributed by atoms with Crippen molar-refractivity contribution in [3.63, 3.8) is 0 Å². The number of benzene rings is 2. The molecule has 1 saturated heterocycles. The van der Waals surface area contributed by atoms with Gasteiger partial charge in [0.15, 0.2) is 0 Å². The van der Waals surface area contributed by atoms with Crippen LogP contribution in [0, 0.1) is 0 Å². The molecule has 2 aromatic rings. The highest BCUT2D eigenvalue weighted by atomic mass is 35.5. The van der Waals surface area contributed by atoms with Crippen molar-refractivity contribution in [1.82, 2.24) is 4.90 Å². The van der Waals surface area contributed by atoms with E-state index in [1.54, 1.807) is 0 Å². The van der Waals surface area contributed by atoms with E-state index in [4.69, 9.17) is 4.74 Å². The molecule has 0 amide bonds. The van der Waals surface area contributed by atoms with Crippen LogP contribution in [0.25, 0.3) is 0 Å². The molecule has 1 fully saturated rings. The van der Waals surface area contributed by atoms with Crippen LogP contribution >= 0.6 is 12.4 Å². The molecule has 1 aliphatic rings. The molecule has 3 heteroatoms. The van der Waals surface area contributed by atoms with Crippen molar-refractivity contribution in [3.8, 4) is 0 Å². The molecule has 1 aliphatic heterocycles. The molecule has 0 radical (unpaired) electrons. The highest BCUT2D eigenvalue weighted by molar-refractivity contribution is 5.85. The number of halogens is 1. The van der Waals surface area contributed by atoms with Gasteiger partial charge in [0.2, 0.25) is 0 Å². The van der Waals surface area contributed by atoms with Gasteiger partial charge in [-0.1, -0.05) is 60.7 Å². The van der Waals surface area contributed by atoms with Gasteiger partial charge in [-0.2, -0.15) is 0 Å². The van der Waals surface area contributed by atoms with Gasteiger partial charge in [-0.05, 0) is 24.6 Å². The third-order valence-corrected chi connectivity index (χ3v) is 4.15. The maximum atomic E-state index is 6.39. The molecule has 0 N–H and O–H groups in total. The summed E-state index contributed by atoms with van der Waals surface area (Å²) in [6, 6.07) is 21.2. The molecule has 112 valence electrons. The summed E-state index contributed by atoms with van der Waals surface area (Å²) < 4.78 is 6.39. The molecule has 21 heavy (non-hydrogen) atoms. The summed E-state index contributed by atoms with van der Waals surface area (Å²) in [5.41, 5.74) is 2.19. The summed E-state index contributed by atoms with van der Waals surface area (Å²) in [6.45, 7) is 2.80. The Balaban J connectivity index is 0.00000161. The van der Waals surface area contributed by atoms with Crippen LogP contribution in [0.2, 0.25) is 0 Å². The molecule has 0 unspecified atom stereocenters. The summed E-state index contributed by atoms with van der Waals surface area (Å²) in [4.78, 5) is 2.34. The van der Waals surface area contributed by atoms with E-state index < -0.39 is 0 Å². The average molecular weight is 304 g/mol. The van der Waals surface area contributed by atoms with Crippen molar-refractivity contribution in [1.29, 1.82) is 0 Å². The maximum Gasteiger partial charge on any atom is 0.119 e. The molecule has 0 aliphatic carbocycles. The Morgan fingerprint density at radius 1 is 0.857 bits per heavy atom. The van der Waals surface area contributed by atoms with Gasteiger partial charge in [-0.3, -0.25) is 0 Å². The van der Waals surface area contributed by atoms with E-state index in [-0.39, 0.29) is 18.0 Å². The van der Waals surface area contributed by atoms with Crippen molar-refractivity contribution in [2.45, 2.75) is 12.0 Å². The summed E-state index contributed by atoms with van der Waals surface area (Å²) in [6.07, 6.45) is 0.984. The summed E-state index contributed by atoms with van der Waals surface area (Å²) in [7, 11) is 2.16. The first-order valence-corrected chi connectivity index (χ1v) is 7.25. The van der Waals surface area contributed by atoms with Crippen molar-refractivity contribution in [2.24, 2.45) is 0 Å². The van der Waals surface area contributed by atoms with E-state index >= 15 is 0 Å². The number of nitrogens with zero attached hydrogens (tertiary/aromatic N) is 1. The summed E-state index contributed by atoms with van der Waals surface area (Å²) in [5, 5.41) is 0. The zero-order valence-corrected chi connectivity index (χ0v) is 13.2. The fourth-order valence-electron chi connectivity index (χ4n) is 2.94. The number of likely N-dealkylation sites (N-methyl/N-ethyl adjacent to an activating group) is 1. The van der Waals surface area contributed by atoms with E-state index in [1.165, 1.54) is 11.1 Å². The number of hydrogen-bond acceptors (Lipinski definition) is 2. The number of ether oxygens (including phenoxy) is 1. The molecular formula is C18H22ClNO. The monoisotopic (exact) mass is 303 g/mol. The van der Waals surface area contributed by atoms with Gasteiger partial charge in [0.05, 0.1) is 6.61 Å². The topological polar surface area (TPSA) is 12.5 Å². The largest absolute Gasteiger partial charge is 0.364 e. The third-order valence-electron chi connectivity index (χ3n) is 4.15. The molecule has 3 rings (SSSR count). The van der Waals surface area contributed by atoms with Crippen LogP contribution in [-0.2, 0) is 10.3 Å². The Morgan fingerprint density at radius 3 is 1.90 bits per heavy atom. The van der Waals surface area contributed by atoms with Crippen LogP contribution in [0.5, 0.6) is 0 Å². The molecule has 0 saturated carbocycles. The van der Waals surface area contributed by atoms with Gasteiger partial charge in [-0.25, -0.2) is 0 Å². The van der Waals surface area contributed by atoms with E-state index in [9.17, 15) is 0 Å². The second kappa shape index (κ2) is 7.08. The van der Waals surface area contributed by atoms with Gasteiger partial charge in [0.25, 0.3) is 0 Å². The van der Waals surface area contributed by atoms with Gasteiger partial charge in [0, 0.05) is 13.1 Å². The first-order chi connectivity index (χ1) is 9.81. The average Bonchev–Trinajstić information content (AvgIpc) is 2.72. The quantitative estimate of drug-likeness (QED) is 0.839. The third kappa shape index (κ3) is 3.29. The van der Waals surface area contributed by atoms with Crippen LogP contribution in [0.15, 0.2) is 60.7 Å². The zero-order valence-electron chi connectivity index (χ0n) is 12.4. The standard InChI is InChI=1S/C18H21NO.ClH/c1-19-13-12-18(20-15-14-19,16-8-4-2-5-9-16)17-10-6-3-7-11-17;/h2-11H,12-15H2,1H3;1H. The Bertz CT molecular complexity index is 504. The molecule has 2 nitrogen and oxygen atoms in total. The Kier molecular flexibility index (Phi) is 5.40. The van der Waals surface area contributed by atoms with E-state index in [2.05, 4.69) is 72.6 Å². The van der Waals surface area contributed by atoms with Crippen LogP contribution in [0.3, 0.4) is 0 Å². The fourth-order valence-corrected chi connectivity index (χ4v) is 2.94. The van der Waals surface area contributed by atoms with E-state index in [0.717, 1.165) is 26.1 Å². The van der Waals surface area contributed by atoms with Crippen LogP contribution in [0.1, 0.15) is 17.5 Å². The second-order valence-electron chi connectivity index (χ2n) is 5.46. The molecule has 1 heterocycles. The van der Waals surface area contributed by atoms with Crippen molar-refractivity contribution < 1.29 is 4.74 Å².